The molecule has 0 aliphatic heterocycles. The molecule has 0 saturated carbocycles. The molecule has 2 atom stereocenters. The van der Waals surface area contributed by atoms with Crippen molar-refractivity contribution in [3.05, 3.63) is 35.9 Å². The molecule has 0 heterocycles. The molecular formula is C13H22N2. The minimum atomic E-state index is 0.467. The largest absolute Gasteiger partial charge is 0.330 e. The molecule has 0 aromatic heterocycles. The fourth-order valence-electron chi connectivity index (χ4n) is 2.21. The fourth-order valence-corrected chi connectivity index (χ4v) is 2.21. The third kappa shape index (κ3) is 3.33. The first-order valence-corrected chi connectivity index (χ1v) is 5.58. The summed E-state index contributed by atoms with van der Waals surface area (Å²) in [6, 6.07) is 11.1. The van der Waals surface area contributed by atoms with Crippen molar-refractivity contribution in [2.45, 2.75) is 19.4 Å². The zero-order valence-electron chi connectivity index (χ0n) is 9.98. The van der Waals surface area contributed by atoms with E-state index in [0.717, 1.165) is 13.0 Å². The molecule has 0 bridgehead atoms. The Kier molecular flexibility index (Phi) is 4.79. The maximum absolute atomic E-state index is 5.63. The Bertz CT molecular complexity index is 269. The fraction of sp³-hybridized carbons (Fsp3) is 0.538. The molecule has 2 unspecified atom stereocenters. The Hall–Kier alpha value is -0.860. The molecule has 2 N–H and O–H groups in total. The van der Waals surface area contributed by atoms with Gasteiger partial charge in [0, 0.05) is 6.04 Å². The van der Waals surface area contributed by atoms with Crippen molar-refractivity contribution in [2.75, 3.05) is 20.6 Å². The van der Waals surface area contributed by atoms with Gasteiger partial charge in [0.05, 0.1) is 0 Å². The molecule has 84 valence electrons. The molecule has 0 aliphatic rings. The highest BCUT2D eigenvalue weighted by molar-refractivity contribution is 5.19. The Morgan fingerprint density at radius 3 is 2.27 bits per heavy atom. The Labute approximate surface area is 93.1 Å². The van der Waals surface area contributed by atoms with E-state index in [-0.39, 0.29) is 0 Å². The van der Waals surface area contributed by atoms with Gasteiger partial charge in [-0.05, 0) is 38.5 Å². The zero-order valence-corrected chi connectivity index (χ0v) is 9.98. The van der Waals surface area contributed by atoms with Crippen molar-refractivity contribution in [3.63, 3.8) is 0 Å². The average molecular weight is 206 g/mol. The van der Waals surface area contributed by atoms with E-state index in [0.29, 0.717) is 12.0 Å². The van der Waals surface area contributed by atoms with Gasteiger partial charge in [-0.1, -0.05) is 37.3 Å². The number of nitrogens with two attached hydrogens (primary N) is 1. The minimum Gasteiger partial charge on any atom is -0.330 e. The van der Waals surface area contributed by atoms with Crippen molar-refractivity contribution in [1.82, 2.24) is 4.90 Å². The van der Waals surface area contributed by atoms with Crippen molar-refractivity contribution in [3.8, 4) is 0 Å². The Morgan fingerprint density at radius 2 is 1.80 bits per heavy atom. The molecule has 0 saturated heterocycles. The predicted octanol–water partition coefficient (Wildman–Crippen LogP) is 2.27. The van der Waals surface area contributed by atoms with E-state index in [9.17, 15) is 0 Å². The van der Waals surface area contributed by atoms with Gasteiger partial charge >= 0.3 is 0 Å². The Morgan fingerprint density at radius 1 is 1.20 bits per heavy atom. The summed E-state index contributed by atoms with van der Waals surface area (Å²) in [5, 5.41) is 0. The molecular weight excluding hydrogens is 184 g/mol. The first-order chi connectivity index (χ1) is 7.16. The number of benzene rings is 1. The molecule has 2 heteroatoms. The van der Waals surface area contributed by atoms with Gasteiger partial charge in [0.25, 0.3) is 0 Å². The van der Waals surface area contributed by atoms with E-state index in [4.69, 9.17) is 5.73 Å². The van der Waals surface area contributed by atoms with Gasteiger partial charge in [-0.25, -0.2) is 0 Å². The van der Waals surface area contributed by atoms with Gasteiger partial charge in [-0.2, -0.15) is 0 Å². The summed E-state index contributed by atoms with van der Waals surface area (Å²) >= 11 is 0. The normalized spacial score (nSPS) is 15.3. The van der Waals surface area contributed by atoms with Crippen LogP contribution in [0.1, 0.15) is 24.9 Å². The van der Waals surface area contributed by atoms with Crippen molar-refractivity contribution in [1.29, 1.82) is 0 Å². The maximum atomic E-state index is 5.63. The second-order valence-electron chi connectivity index (χ2n) is 4.37. The van der Waals surface area contributed by atoms with Gasteiger partial charge in [0.2, 0.25) is 0 Å². The van der Waals surface area contributed by atoms with Crippen LogP contribution in [0, 0.1) is 5.92 Å². The van der Waals surface area contributed by atoms with Crippen LogP contribution in [0.15, 0.2) is 30.3 Å². The average Bonchev–Trinajstić information content (AvgIpc) is 2.19. The van der Waals surface area contributed by atoms with E-state index in [1.807, 2.05) is 0 Å². The molecule has 1 rings (SSSR count). The molecule has 2 nitrogen and oxygen atoms in total. The van der Waals surface area contributed by atoms with Crippen molar-refractivity contribution < 1.29 is 0 Å². The summed E-state index contributed by atoms with van der Waals surface area (Å²) in [6.45, 7) is 3.03. The molecule has 0 amide bonds. The van der Waals surface area contributed by atoms with Gasteiger partial charge in [-0.3, -0.25) is 0 Å². The maximum Gasteiger partial charge on any atom is 0.0368 e. The predicted molar refractivity (Wildman–Crippen MR) is 65.7 cm³/mol. The lowest BCUT2D eigenvalue weighted by Crippen LogP contribution is -2.27. The SMILES string of the molecule is CC(CCN)C(c1ccccc1)N(C)C. The smallest absolute Gasteiger partial charge is 0.0368 e. The van der Waals surface area contributed by atoms with Crippen LogP contribution in [0.5, 0.6) is 0 Å². The molecule has 1 aromatic rings. The highest BCUT2D eigenvalue weighted by Crippen LogP contribution is 2.28. The second-order valence-corrected chi connectivity index (χ2v) is 4.37. The van der Waals surface area contributed by atoms with Gasteiger partial charge in [-0.15, -0.1) is 0 Å². The molecule has 0 spiro atoms. The second kappa shape index (κ2) is 5.89. The van der Waals surface area contributed by atoms with Gasteiger partial charge in [0.1, 0.15) is 0 Å². The number of hydrogen-bond acceptors (Lipinski definition) is 2. The summed E-state index contributed by atoms with van der Waals surface area (Å²) in [5.74, 6) is 0.590. The van der Waals surface area contributed by atoms with Crippen LogP contribution in [0.4, 0.5) is 0 Å². The summed E-state index contributed by atoms with van der Waals surface area (Å²) in [6.07, 6.45) is 1.07. The highest BCUT2D eigenvalue weighted by atomic mass is 15.1. The third-order valence-corrected chi connectivity index (χ3v) is 2.86. The summed E-state index contributed by atoms with van der Waals surface area (Å²) in [7, 11) is 4.26. The lowest BCUT2D eigenvalue weighted by molar-refractivity contribution is 0.217. The standard InChI is InChI=1S/C13H22N2/c1-11(9-10-14)13(15(2)3)12-7-5-4-6-8-12/h4-8,11,13H,9-10,14H2,1-3H3. The quantitative estimate of drug-likeness (QED) is 0.801. The number of hydrogen-bond donors (Lipinski definition) is 1. The topological polar surface area (TPSA) is 29.3 Å². The number of nitrogens with zero attached hydrogens (tertiary/aromatic N) is 1. The van der Waals surface area contributed by atoms with Crippen LogP contribution in [-0.2, 0) is 0 Å². The van der Waals surface area contributed by atoms with Crippen LogP contribution in [0.2, 0.25) is 0 Å². The summed E-state index contributed by atoms with van der Waals surface area (Å²) in [5.41, 5.74) is 7.01. The summed E-state index contributed by atoms with van der Waals surface area (Å²) in [4.78, 5) is 2.27. The van der Waals surface area contributed by atoms with E-state index in [1.54, 1.807) is 0 Å². The molecule has 0 fully saturated rings. The first-order valence-electron chi connectivity index (χ1n) is 5.58. The monoisotopic (exact) mass is 206 g/mol. The van der Waals surface area contributed by atoms with Crippen LogP contribution >= 0.6 is 0 Å². The van der Waals surface area contributed by atoms with E-state index >= 15 is 0 Å². The minimum absolute atomic E-state index is 0.467. The molecule has 0 aliphatic carbocycles. The molecule has 1 aromatic carbocycles. The van der Waals surface area contributed by atoms with Crippen LogP contribution in [0.3, 0.4) is 0 Å². The van der Waals surface area contributed by atoms with E-state index in [1.165, 1.54) is 5.56 Å². The van der Waals surface area contributed by atoms with Gasteiger partial charge < -0.3 is 10.6 Å². The highest BCUT2D eigenvalue weighted by Gasteiger charge is 2.20. The Balaban J connectivity index is 2.83. The van der Waals surface area contributed by atoms with Crippen LogP contribution in [0.25, 0.3) is 0 Å². The third-order valence-electron chi connectivity index (χ3n) is 2.86. The van der Waals surface area contributed by atoms with Crippen LogP contribution in [-0.4, -0.2) is 25.5 Å². The first kappa shape index (κ1) is 12.2. The lowest BCUT2D eigenvalue weighted by Gasteiger charge is -2.30. The summed E-state index contributed by atoms with van der Waals surface area (Å²) < 4.78 is 0. The molecule has 15 heavy (non-hydrogen) atoms. The van der Waals surface area contributed by atoms with E-state index < -0.39 is 0 Å². The van der Waals surface area contributed by atoms with Crippen molar-refractivity contribution in [2.24, 2.45) is 11.7 Å². The van der Waals surface area contributed by atoms with Crippen molar-refractivity contribution >= 4 is 0 Å². The van der Waals surface area contributed by atoms with E-state index in [2.05, 4.69) is 56.3 Å². The van der Waals surface area contributed by atoms with Gasteiger partial charge in [0.15, 0.2) is 0 Å². The lowest BCUT2D eigenvalue weighted by atomic mass is 9.91. The van der Waals surface area contributed by atoms with Crippen LogP contribution < -0.4 is 5.73 Å². The molecule has 0 radical (unpaired) electrons. The number of rotatable bonds is 5. The zero-order chi connectivity index (χ0) is 11.3.